The molecule has 0 fully saturated rings. The number of fused-ring (bicyclic) bond motifs is 1. The number of aryl methyl sites for hydroxylation is 1. The number of benzene rings is 1. The molecule has 0 spiro atoms. The van der Waals surface area contributed by atoms with Crippen LogP contribution in [0.4, 0.5) is 5.69 Å². The first kappa shape index (κ1) is 16.3. The van der Waals surface area contributed by atoms with Crippen molar-refractivity contribution in [2.24, 2.45) is 7.05 Å². The molecule has 0 bridgehead atoms. The van der Waals surface area contributed by atoms with Gasteiger partial charge in [0.2, 0.25) is 0 Å². The maximum Gasteiger partial charge on any atom is 0.268 e. The highest BCUT2D eigenvalue weighted by Crippen LogP contribution is 2.33. The van der Waals surface area contributed by atoms with Crippen LogP contribution in [0, 0.1) is 0 Å². The third-order valence-electron chi connectivity index (χ3n) is 3.82. The lowest BCUT2D eigenvalue weighted by molar-refractivity contribution is 0.170. The van der Waals surface area contributed by atoms with Crippen LogP contribution in [0.1, 0.15) is 5.56 Å². The first-order valence-corrected chi connectivity index (χ1v) is 8.09. The summed E-state index contributed by atoms with van der Waals surface area (Å²) in [4.78, 5) is 11.5. The Morgan fingerprint density at radius 3 is 2.96 bits per heavy atom. The molecule has 3 rings (SSSR count). The average Bonchev–Trinajstić information content (AvgIpc) is 2.61. The van der Waals surface area contributed by atoms with Crippen LogP contribution in [0.25, 0.3) is 0 Å². The van der Waals surface area contributed by atoms with Crippen molar-refractivity contribution in [3.8, 4) is 11.5 Å². The van der Waals surface area contributed by atoms with Crippen LogP contribution in [-0.4, -0.2) is 42.6 Å². The second-order valence-corrected chi connectivity index (χ2v) is 5.57. The van der Waals surface area contributed by atoms with Gasteiger partial charge in [0.05, 0.1) is 11.9 Å². The summed E-state index contributed by atoms with van der Waals surface area (Å²) in [5, 5.41) is 10.5. The minimum Gasteiger partial charge on any atom is -0.486 e. The quantitative estimate of drug-likeness (QED) is 0.731. The summed E-state index contributed by atoms with van der Waals surface area (Å²) in [7, 11) is 1.63. The predicted molar refractivity (Wildman–Crippen MR) is 92.0 cm³/mol. The van der Waals surface area contributed by atoms with E-state index in [9.17, 15) is 4.79 Å². The highest BCUT2D eigenvalue weighted by molar-refractivity contribution is 5.47. The third kappa shape index (κ3) is 4.05. The lowest BCUT2D eigenvalue weighted by Gasteiger charge is -2.21. The van der Waals surface area contributed by atoms with Gasteiger partial charge in [-0.1, -0.05) is 12.1 Å². The summed E-state index contributed by atoms with van der Waals surface area (Å²) < 4.78 is 12.6. The molecule has 24 heavy (non-hydrogen) atoms. The molecule has 128 valence electrons. The van der Waals surface area contributed by atoms with E-state index in [0.717, 1.165) is 48.8 Å². The molecule has 0 radical (unpaired) electrons. The number of rotatable bonds is 7. The molecule has 0 unspecified atom stereocenters. The van der Waals surface area contributed by atoms with Gasteiger partial charge in [-0.3, -0.25) is 4.79 Å². The van der Waals surface area contributed by atoms with E-state index >= 15 is 0 Å². The molecular formula is C17H22N4O3. The zero-order valence-corrected chi connectivity index (χ0v) is 13.7. The van der Waals surface area contributed by atoms with E-state index in [1.807, 2.05) is 12.1 Å². The molecular weight excluding hydrogens is 308 g/mol. The van der Waals surface area contributed by atoms with Gasteiger partial charge in [0.1, 0.15) is 13.2 Å². The molecule has 2 N–H and O–H groups in total. The molecule has 1 aromatic carbocycles. The topological polar surface area (TPSA) is 77.4 Å². The van der Waals surface area contributed by atoms with Crippen molar-refractivity contribution in [1.82, 2.24) is 15.1 Å². The predicted octanol–water partition coefficient (Wildman–Crippen LogP) is 0.796. The summed E-state index contributed by atoms with van der Waals surface area (Å²) in [6.45, 7) is 3.57. The fourth-order valence-electron chi connectivity index (χ4n) is 2.54. The number of aromatic nitrogens is 2. The monoisotopic (exact) mass is 330 g/mol. The van der Waals surface area contributed by atoms with Gasteiger partial charge in [0.15, 0.2) is 11.5 Å². The number of hydrogen-bond acceptors (Lipinski definition) is 6. The van der Waals surface area contributed by atoms with Crippen LogP contribution in [-0.2, 0) is 13.5 Å². The van der Waals surface area contributed by atoms with Crippen molar-refractivity contribution in [3.05, 3.63) is 46.4 Å². The highest BCUT2D eigenvalue weighted by Gasteiger charge is 2.14. The van der Waals surface area contributed by atoms with E-state index < -0.39 is 0 Å². The fourth-order valence-corrected chi connectivity index (χ4v) is 2.54. The van der Waals surface area contributed by atoms with Crippen molar-refractivity contribution >= 4 is 5.69 Å². The first-order chi connectivity index (χ1) is 11.7. The second-order valence-electron chi connectivity index (χ2n) is 5.57. The fraction of sp³-hybridized carbons (Fsp3) is 0.412. The van der Waals surface area contributed by atoms with Crippen molar-refractivity contribution in [2.75, 3.05) is 38.2 Å². The second kappa shape index (κ2) is 7.83. The molecule has 7 nitrogen and oxygen atoms in total. The Balaban J connectivity index is 1.40. The molecule has 0 saturated heterocycles. The summed E-state index contributed by atoms with van der Waals surface area (Å²) in [6.07, 6.45) is 2.52. The maximum atomic E-state index is 11.5. The molecule has 1 aliphatic rings. The smallest absolute Gasteiger partial charge is 0.268 e. The van der Waals surface area contributed by atoms with Crippen LogP contribution in [0.2, 0.25) is 0 Å². The first-order valence-electron chi connectivity index (χ1n) is 8.09. The zero-order chi connectivity index (χ0) is 16.8. The third-order valence-corrected chi connectivity index (χ3v) is 3.82. The van der Waals surface area contributed by atoms with E-state index in [1.54, 1.807) is 19.3 Å². The molecule has 7 heteroatoms. The molecule has 2 aromatic rings. The zero-order valence-electron chi connectivity index (χ0n) is 13.7. The Kier molecular flexibility index (Phi) is 5.32. The van der Waals surface area contributed by atoms with Crippen LogP contribution in [0.15, 0.2) is 35.3 Å². The van der Waals surface area contributed by atoms with Crippen LogP contribution in [0.3, 0.4) is 0 Å². The molecule has 2 heterocycles. The van der Waals surface area contributed by atoms with Gasteiger partial charge in [-0.05, 0) is 24.6 Å². The SMILES string of the molecule is Cn1ncc(NCCNCCc2cccc3c2OCCO3)cc1=O. The van der Waals surface area contributed by atoms with Crippen molar-refractivity contribution in [2.45, 2.75) is 6.42 Å². The number of ether oxygens (including phenoxy) is 2. The summed E-state index contributed by atoms with van der Waals surface area (Å²) in [5.41, 5.74) is 1.77. The van der Waals surface area contributed by atoms with Crippen molar-refractivity contribution in [3.63, 3.8) is 0 Å². The van der Waals surface area contributed by atoms with Crippen molar-refractivity contribution in [1.29, 1.82) is 0 Å². The summed E-state index contributed by atoms with van der Waals surface area (Å²) >= 11 is 0. The standard InChI is InChI=1S/C17H22N4O3/c1-21-16(22)11-14(12-20-21)19-8-7-18-6-5-13-3-2-4-15-17(13)24-10-9-23-15/h2-4,11-12,18-19H,5-10H2,1H3. The van der Waals surface area contributed by atoms with Gasteiger partial charge in [0, 0.05) is 26.2 Å². The van der Waals surface area contributed by atoms with Crippen LogP contribution < -0.4 is 25.7 Å². The number of nitrogens with one attached hydrogen (secondary N) is 2. The minimum atomic E-state index is -0.121. The Morgan fingerprint density at radius 2 is 2.08 bits per heavy atom. The van der Waals surface area contributed by atoms with Gasteiger partial charge in [0.25, 0.3) is 5.56 Å². The average molecular weight is 330 g/mol. The van der Waals surface area contributed by atoms with E-state index in [1.165, 1.54) is 4.68 Å². The van der Waals surface area contributed by atoms with Crippen LogP contribution in [0.5, 0.6) is 11.5 Å². The summed E-state index contributed by atoms with van der Waals surface area (Å²) in [5.74, 6) is 1.70. The van der Waals surface area contributed by atoms with Gasteiger partial charge in [-0.25, -0.2) is 4.68 Å². The molecule has 1 aromatic heterocycles. The Hall–Kier alpha value is -2.54. The van der Waals surface area contributed by atoms with Crippen LogP contribution >= 0.6 is 0 Å². The van der Waals surface area contributed by atoms with E-state index in [4.69, 9.17) is 9.47 Å². The number of para-hydroxylation sites is 1. The lowest BCUT2D eigenvalue weighted by Crippen LogP contribution is -2.26. The van der Waals surface area contributed by atoms with Crippen molar-refractivity contribution < 1.29 is 9.47 Å². The van der Waals surface area contributed by atoms with E-state index in [0.29, 0.717) is 13.2 Å². The Morgan fingerprint density at radius 1 is 1.21 bits per heavy atom. The largest absolute Gasteiger partial charge is 0.486 e. The molecule has 0 amide bonds. The van der Waals surface area contributed by atoms with Gasteiger partial charge in [-0.15, -0.1) is 0 Å². The number of anilines is 1. The molecule has 0 aliphatic carbocycles. The number of nitrogens with zero attached hydrogens (tertiary/aromatic N) is 2. The molecule has 0 saturated carbocycles. The van der Waals surface area contributed by atoms with E-state index in [-0.39, 0.29) is 5.56 Å². The highest BCUT2D eigenvalue weighted by atomic mass is 16.6. The molecule has 0 atom stereocenters. The van der Waals surface area contributed by atoms with Gasteiger partial charge < -0.3 is 20.1 Å². The normalized spacial score (nSPS) is 12.9. The summed E-state index contributed by atoms with van der Waals surface area (Å²) in [6, 6.07) is 7.54. The molecule has 1 aliphatic heterocycles. The van der Waals surface area contributed by atoms with Gasteiger partial charge >= 0.3 is 0 Å². The Bertz CT molecular complexity index is 745. The number of hydrogen-bond donors (Lipinski definition) is 2. The minimum absolute atomic E-state index is 0.121. The van der Waals surface area contributed by atoms with E-state index in [2.05, 4.69) is 21.8 Å². The maximum absolute atomic E-state index is 11.5. The van der Waals surface area contributed by atoms with Gasteiger partial charge in [-0.2, -0.15) is 5.10 Å². The Labute approximate surface area is 140 Å². The lowest BCUT2D eigenvalue weighted by atomic mass is 10.1.